The number of ketones is 1. The highest BCUT2D eigenvalue weighted by molar-refractivity contribution is 6.00. The van der Waals surface area contributed by atoms with E-state index in [4.69, 9.17) is 4.74 Å². The highest BCUT2D eigenvalue weighted by Crippen LogP contribution is 2.25. The number of carbonyl (C=O) groups is 2. The van der Waals surface area contributed by atoms with Crippen LogP contribution in [0.4, 0.5) is 0 Å². The topological polar surface area (TPSA) is 76.2 Å². The molecule has 1 heterocycles. The van der Waals surface area contributed by atoms with Crippen molar-refractivity contribution in [3.8, 4) is 0 Å². The number of pyridine rings is 1. The van der Waals surface area contributed by atoms with E-state index in [1.807, 2.05) is 42.5 Å². The van der Waals surface area contributed by atoms with Crippen molar-refractivity contribution in [2.75, 3.05) is 6.61 Å². The second-order valence-electron chi connectivity index (χ2n) is 5.99. The summed E-state index contributed by atoms with van der Waals surface area (Å²) in [5.41, 5.74) is 1.42. The Morgan fingerprint density at radius 1 is 1.24 bits per heavy atom. The second kappa shape index (κ2) is 7.30. The molecule has 1 aromatic carbocycles. The van der Waals surface area contributed by atoms with Crippen LogP contribution in [0.2, 0.25) is 0 Å². The number of hydrogen-bond donors (Lipinski definition) is 1. The van der Waals surface area contributed by atoms with Crippen LogP contribution >= 0.6 is 0 Å². The number of aromatic amines is 1. The summed E-state index contributed by atoms with van der Waals surface area (Å²) in [6.45, 7) is 1.84. The zero-order chi connectivity index (χ0) is 17.8. The first-order valence-corrected chi connectivity index (χ1v) is 8.28. The van der Waals surface area contributed by atoms with Crippen molar-refractivity contribution in [1.82, 2.24) is 4.98 Å². The molecule has 0 radical (unpaired) electrons. The van der Waals surface area contributed by atoms with Crippen LogP contribution in [0.5, 0.6) is 0 Å². The molecule has 5 heteroatoms. The molecule has 3 rings (SSSR count). The lowest BCUT2D eigenvalue weighted by molar-refractivity contribution is 0.0524. The van der Waals surface area contributed by atoms with Crippen molar-refractivity contribution in [1.29, 1.82) is 0 Å². The molecule has 1 atom stereocenters. The number of fused-ring (bicyclic) bond motifs is 1. The van der Waals surface area contributed by atoms with Crippen LogP contribution in [0, 0.1) is 5.92 Å². The maximum atomic E-state index is 12.4. The molecule has 0 spiro atoms. The minimum absolute atomic E-state index is 0.0179. The molecule has 25 heavy (non-hydrogen) atoms. The zero-order valence-corrected chi connectivity index (χ0v) is 14.0. The van der Waals surface area contributed by atoms with Crippen molar-refractivity contribution in [3.63, 3.8) is 0 Å². The number of Topliss-reactive ketones (excluding diaryl/α,β-unsaturated/α-hetero) is 1. The number of carbonyl (C=O) groups excluding carboxylic acids is 2. The number of H-pyrrole nitrogens is 1. The Balaban J connectivity index is 1.85. The number of hydrogen-bond acceptors (Lipinski definition) is 4. The average Bonchev–Trinajstić information content (AvgIpc) is 2.60. The molecular formula is C20H19NO4. The van der Waals surface area contributed by atoms with Gasteiger partial charge in [-0.3, -0.25) is 9.59 Å². The average molecular weight is 337 g/mol. The van der Waals surface area contributed by atoms with Gasteiger partial charge in [0, 0.05) is 17.7 Å². The number of rotatable bonds is 4. The summed E-state index contributed by atoms with van der Waals surface area (Å²) in [4.78, 5) is 39.1. The summed E-state index contributed by atoms with van der Waals surface area (Å²) in [6, 6.07) is 11.2. The normalized spacial score (nSPS) is 16.7. The number of esters is 1. The van der Waals surface area contributed by atoms with E-state index < -0.39 is 11.5 Å². The Bertz CT molecular complexity index is 880. The molecule has 0 amide bonds. The summed E-state index contributed by atoms with van der Waals surface area (Å²) < 4.78 is 4.86. The summed E-state index contributed by atoms with van der Waals surface area (Å²) in [5.74, 6) is -0.763. The number of benzene rings is 1. The monoisotopic (exact) mass is 337 g/mol. The van der Waals surface area contributed by atoms with Crippen LogP contribution in [0.1, 0.15) is 45.3 Å². The first-order chi connectivity index (χ1) is 12.1. The van der Waals surface area contributed by atoms with E-state index >= 15 is 0 Å². The highest BCUT2D eigenvalue weighted by atomic mass is 16.5. The molecule has 1 aliphatic rings. The Morgan fingerprint density at radius 3 is 2.72 bits per heavy atom. The number of aromatic nitrogens is 1. The molecule has 1 aromatic heterocycles. The quantitative estimate of drug-likeness (QED) is 0.870. The van der Waals surface area contributed by atoms with Gasteiger partial charge < -0.3 is 9.72 Å². The number of allylic oxidation sites excluding steroid dienone is 1. The molecule has 0 bridgehead atoms. The first-order valence-electron chi connectivity index (χ1n) is 8.28. The lowest BCUT2D eigenvalue weighted by Crippen LogP contribution is -2.28. The summed E-state index contributed by atoms with van der Waals surface area (Å²) in [6.07, 6.45) is 4.88. The van der Waals surface area contributed by atoms with Gasteiger partial charge in [0.25, 0.3) is 5.56 Å². The minimum atomic E-state index is -0.703. The molecule has 1 N–H and O–H groups in total. The second-order valence-corrected chi connectivity index (χ2v) is 5.99. The molecular weight excluding hydrogens is 318 g/mol. The molecule has 0 aliphatic heterocycles. The predicted octanol–water partition coefficient (Wildman–Crippen LogP) is 3.01. The van der Waals surface area contributed by atoms with Crippen LogP contribution < -0.4 is 5.56 Å². The van der Waals surface area contributed by atoms with Gasteiger partial charge in [-0.2, -0.15) is 0 Å². The van der Waals surface area contributed by atoms with Crippen molar-refractivity contribution in [3.05, 3.63) is 75.2 Å². The first kappa shape index (κ1) is 16.9. The van der Waals surface area contributed by atoms with E-state index in [-0.39, 0.29) is 23.9 Å². The number of ether oxygens (including phenoxy) is 1. The third-order valence-corrected chi connectivity index (χ3v) is 4.19. The number of nitrogens with one attached hydrogen (secondary N) is 1. The fourth-order valence-electron chi connectivity index (χ4n) is 2.97. The van der Waals surface area contributed by atoms with Crippen molar-refractivity contribution in [2.45, 2.75) is 19.8 Å². The van der Waals surface area contributed by atoms with Crippen molar-refractivity contribution >= 4 is 17.8 Å². The lowest BCUT2D eigenvalue weighted by atomic mass is 9.85. The van der Waals surface area contributed by atoms with Gasteiger partial charge in [-0.15, -0.1) is 0 Å². The van der Waals surface area contributed by atoms with Gasteiger partial charge in [-0.1, -0.05) is 42.5 Å². The molecule has 0 fully saturated rings. The van der Waals surface area contributed by atoms with Crippen LogP contribution in [-0.2, 0) is 11.2 Å². The summed E-state index contributed by atoms with van der Waals surface area (Å²) in [7, 11) is 0. The van der Waals surface area contributed by atoms with Crippen molar-refractivity contribution < 1.29 is 14.3 Å². The molecule has 128 valence electrons. The zero-order valence-electron chi connectivity index (χ0n) is 14.0. The highest BCUT2D eigenvalue weighted by Gasteiger charge is 2.27. The Labute approximate surface area is 145 Å². The van der Waals surface area contributed by atoms with Gasteiger partial charge in [-0.05, 0) is 30.9 Å². The third kappa shape index (κ3) is 3.76. The van der Waals surface area contributed by atoms with Gasteiger partial charge >= 0.3 is 5.97 Å². The molecule has 5 nitrogen and oxygen atoms in total. The largest absolute Gasteiger partial charge is 0.462 e. The van der Waals surface area contributed by atoms with E-state index in [9.17, 15) is 14.4 Å². The van der Waals surface area contributed by atoms with Crippen LogP contribution in [0.25, 0.3) is 6.08 Å². The van der Waals surface area contributed by atoms with E-state index in [0.29, 0.717) is 24.1 Å². The maximum absolute atomic E-state index is 12.4. The van der Waals surface area contributed by atoms with Gasteiger partial charge in [0.2, 0.25) is 0 Å². The Kier molecular flexibility index (Phi) is 4.93. The van der Waals surface area contributed by atoms with E-state index in [1.54, 1.807) is 6.92 Å². The minimum Gasteiger partial charge on any atom is -0.462 e. The van der Waals surface area contributed by atoms with Gasteiger partial charge in [0.15, 0.2) is 5.78 Å². The van der Waals surface area contributed by atoms with E-state index in [1.165, 1.54) is 6.07 Å². The van der Waals surface area contributed by atoms with E-state index in [0.717, 1.165) is 5.56 Å². The molecule has 0 saturated carbocycles. The van der Waals surface area contributed by atoms with Gasteiger partial charge in [0.1, 0.15) is 5.56 Å². The predicted molar refractivity (Wildman–Crippen MR) is 94.6 cm³/mol. The van der Waals surface area contributed by atoms with E-state index in [2.05, 4.69) is 4.98 Å². The molecule has 0 saturated heterocycles. The molecule has 1 aliphatic carbocycles. The SMILES string of the molecule is CCOC(=O)c1cc2c([nH]c1=O)CC(C=Cc1ccccc1)CC2=O. The Hall–Kier alpha value is -2.95. The Morgan fingerprint density at radius 2 is 2.00 bits per heavy atom. The third-order valence-electron chi connectivity index (χ3n) is 4.19. The standard InChI is InChI=1S/C20H19NO4/c1-2-25-20(24)16-12-15-17(21-19(16)23)10-14(11-18(15)22)9-8-13-6-4-3-5-7-13/h3-9,12,14H,2,10-11H2,1H3,(H,21,23). The van der Waals surface area contributed by atoms with Gasteiger partial charge in [-0.25, -0.2) is 4.79 Å². The fraction of sp³-hybridized carbons (Fsp3) is 0.250. The lowest BCUT2D eigenvalue weighted by Gasteiger charge is -2.21. The van der Waals surface area contributed by atoms with Crippen molar-refractivity contribution in [2.24, 2.45) is 5.92 Å². The molecule has 2 aromatic rings. The van der Waals surface area contributed by atoms with Crippen LogP contribution in [0.15, 0.2) is 47.3 Å². The maximum Gasteiger partial charge on any atom is 0.343 e. The van der Waals surface area contributed by atoms with Gasteiger partial charge in [0.05, 0.1) is 6.61 Å². The van der Waals surface area contributed by atoms with Crippen LogP contribution in [-0.4, -0.2) is 23.3 Å². The summed E-state index contributed by atoms with van der Waals surface area (Å²) >= 11 is 0. The summed E-state index contributed by atoms with van der Waals surface area (Å²) in [5, 5.41) is 0. The molecule has 1 unspecified atom stereocenters. The van der Waals surface area contributed by atoms with Crippen LogP contribution in [0.3, 0.4) is 0 Å². The smallest absolute Gasteiger partial charge is 0.343 e. The fourth-order valence-corrected chi connectivity index (χ4v) is 2.97.